The normalized spacial score (nSPS) is 17.6. The molecule has 166 valence electrons. The third-order valence-electron chi connectivity index (χ3n) is 6.15. The van der Waals surface area contributed by atoms with Crippen LogP contribution in [-0.4, -0.2) is 35.8 Å². The Hall–Kier alpha value is -3.05. The molecule has 5 nitrogen and oxygen atoms in total. The van der Waals surface area contributed by atoms with E-state index in [0.29, 0.717) is 5.56 Å². The molecule has 0 spiro atoms. The second kappa shape index (κ2) is 8.83. The van der Waals surface area contributed by atoms with E-state index in [1.165, 1.54) is 5.56 Å². The number of benzene rings is 2. The zero-order valence-electron chi connectivity index (χ0n) is 19.2. The average Bonchev–Trinajstić information content (AvgIpc) is 3.31. The molecule has 2 aromatic carbocycles. The maximum Gasteiger partial charge on any atom is 0.251 e. The van der Waals surface area contributed by atoms with Crippen LogP contribution in [0.2, 0.25) is 5.02 Å². The van der Waals surface area contributed by atoms with Gasteiger partial charge < -0.3 is 10.2 Å². The number of halogens is 1. The number of anilines is 1. The van der Waals surface area contributed by atoms with E-state index in [1.807, 2.05) is 73.1 Å². The summed E-state index contributed by atoms with van der Waals surface area (Å²) in [7, 11) is 3.97. The molecule has 0 fully saturated rings. The van der Waals surface area contributed by atoms with Crippen molar-refractivity contribution in [2.75, 3.05) is 19.0 Å². The quantitative estimate of drug-likeness (QED) is 0.534. The molecule has 3 aromatic rings. The maximum absolute atomic E-state index is 12.7. The number of rotatable bonds is 5. The van der Waals surface area contributed by atoms with E-state index in [0.717, 1.165) is 39.8 Å². The number of nitrogens with zero attached hydrogens (tertiary/aromatic N) is 3. The van der Waals surface area contributed by atoms with Crippen molar-refractivity contribution in [2.45, 2.75) is 39.2 Å². The standard InChI is InChI=1S/C26H29ClN4O/c1-16-14-21(27)9-13-24(16)31-18(3)25(17(2)29-31)20-6-10-22(15-20)28-26(32)19-7-11-23(12-8-19)30(4)5/h6-14,20,22H,15H2,1-5H3,(H,28,32)/t20-,22+/m0/s1. The first kappa shape index (κ1) is 22.2. The Morgan fingerprint density at radius 1 is 1.09 bits per heavy atom. The molecule has 32 heavy (non-hydrogen) atoms. The van der Waals surface area contributed by atoms with Crippen LogP contribution in [0.15, 0.2) is 54.6 Å². The minimum Gasteiger partial charge on any atom is -0.378 e. The topological polar surface area (TPSA) is 50.2 Å². The van der Waals surface area contributed by atoms with Crippen molar-refractivity contribution in [2.24, 2.45) is 0 Å². The number of hydrogen-bond donors (Lipinski definition) is 1. The van der Waals surface area contributed by atoms with E-state index in [4.69, 9.17) is 16.7 Å². The van der Waals surface area contributed by atoms with E-state index >= 15 is 0 Å². The van der Waals surface area contributed by atoms with Gasteiger partial charge in [-0.15, -0.1) is 0 Å². The van der Waals surface area contributed by atoms with Gasteiger partial charge in [0.2, 0.25) is 0 Å². The summed E-state index contributed by atoms with van der Waals surface area (Å²) in [6, 6.07) is 13.5. The number of aryl methyl sites for hydroxylation is 2. The van der Waals surface area contributed by atoms with Gasteiger partial charge in [-0.2, -0.15) is 5.10 Å². The predicted molar refractivity (Wildman–Crippen MR) is 131 cm³/mol. The third-order valence-corrected chi connectivity index (χ3v) is 6.39. The zero-order chi connectivity index (χ0) is 23.0. The molecular weight excluding hydrogens is 420 g/mol. The minimum atomic E-state index is -0.0495. The van der Waals surface area contributed by atoms with Crippen molar-refractivity contribution in [1.82, 2.24) is 15.1 Å². The Bertz CT molecular complexity index is 1180. The van der Waals surface area contributed by atoms with Gasteiger partial charge in [-0.05, 0) is 75.2 Å². The molecule has 0 bridgehead atoms. The summed E-state index contributed by atoms with van der Waals surface area (Å²) < 4.78 is 2.00. The predicted octanol–water partition coefficient (Wildman–Crippen LogP) is 5.36. The number of carbonyl (C=O) groups is 1. The molecule has 1 aliphatic rings. The van der Waals surface area contributed by atoms with Gasteiger partial charge in [0.25, 0.3) is 5.91 Å². The first-order chi connectivity index (χ1) is 15.2. The molecule has 1 aromatic heterocycles. The van der Waals surface area contributed by atoms with Crippen molar-refractivity contribution in [1.29, 1.82) is 0 Å². The van der Waals surface area contributed by atoms with Gasteiger partial charge in [0, 0.05) is 53.6 Å². The summed E-state index contributed by atoms with van der Waals surface area (Å²) in [5, 5.41) is 8.70. The van der Waals surface area contributed by atoms with Crippen molar-refractivity contribution in [3.63, 3.8) is 0 Å². The number of hydrogen-bond acceptors (Lipinski definition) is 3. The van der Waals surface area contributed by atoms with E-state index < -0.39 is 0 Å². The number of aromatic nitrogens is 2. The van der Waals surface area contributed by atoms with Crippen molar-refractivity contribution in [3.8, 4) is 5.69 Å². The summed E-state index contributed by atoms with van der Waals surface area (Å²) in [6.07, 6.45) is 5.12. The summed E-state index contributed by atoms with van der Waals surface area (Å²) in [5.41, 5.74) is 7.22. The Balaban J connectivity index is 1.48. The fourth-order valence-corrected chi connectivity index (χ4v) is 4.69. The summed E-state index contributed by atoms with van der Waals surface area (Å²) in [5.74, 6) is 0.171. The Morgan fingerprint density at radius 3 is 2.47 bits per heavy atom. The second-order valence-electron chi connectivity index (χ2n) is 8.68. The van der Waals surface area contributed by atoms with E-state index in [1.54, 1.807) is 0 Å². The van der Waals surface area contributed by atoms with Gasteiger partial charge in [0.05, 0.1) is 11.4 Å². The SMILES string of the molecule is Cc1cc(Cl)ccc1-n1nc(C)c([C@H]2C=C[C@@H](NC(=O)c3ccc(N(C)C)cc3)C2)c1C. The van der Waals surface area contributed by atoms with Crippen molar-refractivity contribution >= 4 is 23.2 Å². The van der Waals surface area contributed by atoms with Crippen LogP contribution in [0.25, 0.3) is 5.69 Å². The molecule has 0 radical (unpaired) electrons. The van der Waals surface area contributed by atoms with E-state index in [-0.39, 0.29) is 17.9 Å². The van der Waals surface area contributed by atoms with Crippen LogP contribution >= 0.6 is 11.6 Å². The summed E-state index contributed by atoms with van der Waals surface area (Å²) >= 11 is 6.13. The van der Waals surface area contributed by atoms with Crippen LogP contribution in [0.5, 0.6) is 0 Å². The number of nitrogens with one attached hydrogen (secondary N) is 1. The first-order valence-corrected chi connectivity index (χ1v) is 11.2. The highest BCUT2D eigenvalue weighted by molar-refractivity contribution is 6.30. The monoisotopic (exact) mass is 448 g/mol. The lowest BCUT2D eigenvalue weighted by Crippen LogP contribution is -2.32. The van der Waals surface area contributed by atoms with Crippen LogP contribution in [0, 0.1) is 20.8 Å². The largest absolute Gasteiger partial charge is 0.378 e. The molecule has 0 saturated carbocycles. The van der Waals surface area contributed by atoms with Gasteiger partial charge in [-0.25, -0.2) is 4.68 Å². The second-order valence-corrected chi connectivity index (χ2v) is 9.11. The fourth-order valence-electron chi connectivity index (χ4n) is 4.47. The van der Waals surface area contributed by atoms with Crippen molar-refractivity contribution in [3.05, 3.63) is 87.7 Å². The van der Waals surface area contributed by atoms with E-state index in [9.17, 15) is 4.79 Å². The summed E-state index contributed by atoms with van der Waals surface area (Å²) in [6.45, 7) is 6.20. The molecule has 1 heterocycles. The van der Waals surface area contributed by atoms with E-state index in [2.05, 4.69) is 31.3 Å². The smallest absolute Gasteiger partial charge is 0.251 e. The number of amides is 1. The van der Waals surface area contributed by atoms with Crippen LogP contribution in [0.3, 0.4) is 0 Å². The van der Waals surface area contributed by atoms with Crippen LogP contribution in [-0.2, 0) is 0 Å². The zero-order valence-corrected chi connectivity index (χ0v) is 19.9. The molecule has 1 N–H and O–H groups in total. The Kier molecular flexibility index (Phi) is 6.11. The lowest BCUT2D eigenvalue weighted by Gasteiger charge is -2.16. The van der Waals surface area contributed by atoms with Gasteiger partial charge in [-0.1, -0.05) is 23.8 Å². The van der Waals surface area contributed by atoms with Gasteiger partial charge in [0.15, 0.2) is 0 Å². The Morgan fingerprint density at radius 2 is 1.81 bits per heavy atom. The lowest BCUT2D eigenvalue weighted by molar-refractivity contribution is 0.0944. The third kappa shape index (κ3) is 4.30. The van der Waals surface area contributed by atoms with Gasteiger partial charge >= 0.3 is 0 Å². The number of allylic oxidation sites excluding steroid dienone is 1. The van der Waals surface area contributed by atoms with Crippen LogP contribution < -0.4 is 10.2 Å². The van der Waals surface area contributed by atoms with Gasteiger partial charge in [-0.3, -0.25) is 4.79 Å². The molecule has 2 atom stereocenters. The number of carbonyl (C=O) groups excluding carboxylic acids is 1. The highest BCUT2D eigenvalue weighted by atomic mass is 35.5. The first-order valence-electron chi connectivity index (χ1n) is 10.8. The highest BCUT2D eigenvalue weighted by Crippen LogP contribution is 2.34. The average molecular weight is 449 g/mol. The molecule has 0 saturated heterocycles. The Labute approximate surface area is 194 Å². The van der Waals surface area contributed by atoms with Crippen molar-refractivity contribution < 1.29 is 4.79 Å². The molecule has 1 amide bonds. The molecule has 4 rings (SSSR count). The highest BCUT2D eigenvalue weighted by Gasteiger charge is 2.27. The molecule has 1 aliphatic carbocycles. The summed E-state index contributed by atoms with van der Waals surface area (Å²) in [4.78, 5) is 14.7. The molecular formula is C26H29ClN4O. The van der Waals surface area contributed by atoms with Crippen LogP contribution in [0.1, 0.15) is 45.2 Å². The lowest BCUT2D eigenvalue weighted by atomic mass is 9.95. The molecule has 0 unspecified atom stereocenters. The fraction of sp³-hybridized carbons (Fsp3) is 0.308. The van der Waals surface area contributed by atoms with Crippen LogP contribution in [0.4, 0.5) is 5.69 Å². The van der Waals surface area contributed by atoms with Gasteiger partial charge in [0.1, 0.15) is 0 Å². The molecule has 6 heteroatoms. The molecule has 0 aliphatic heterocycles. The maximum atomic E-state index is 12.7. The minimum absolute atomic E-state index is 0.000410.